The Morgan fingerprint density at radius 2 is 1.64 bits per heavy atom. The van der Waals surface area contributed by atoms with Gasteiger partial charge in [0.1, 0.15) is 0 Å². The van der Waals surface area contributed by atoms with Gasteiger partial charge in [-0.2, -0.15) is 0 Å². The molecule has 1 heterocycles. The van der Waals surface area contributed by atoms with Crippen LogP contribution in [0.2, 0.25) is 5.02 Å². The van der Waals surface area contributed by atoms with Crippen molar-refractivity contribution in [1.82, 2.24) is 4.98 Å². The van der Waals surface area contributed by atoms with Crippen molar-refractivity contribution in [3.63, 3.8) is 0 Å². The maximum Gasteiger partial charge on any atom is 0.0758 e. The zero-order valence-electron chi connectivity index (χ0n) is 13.8. The number of hydrogen-bond acceptors (Lipinski definition) is 2. The predicted octanol–water partition coefficient (Wildman–Crippen LogP) is 6.61. The van der Waals surface area contributed by atoms with Gasteiger partial charge in [-0.05, 0) is 59.7 Å². The van der Waals surface area contributed by atoms with Gasteiger partial charge in [0.25, 0.3) is 0 Å². The van der Waals surface area contributed by atoms with Crippen molar-refractivity contribution in [2.75, 3.05) is 5.32 Å². The average molecular weight is 345 g/mol. The van der Waals surface area contributed by atoms with Crippen LogP contribution in [0.25, 0.3) is 22.0 Å². The summed E-state index contributed by atoms with van der Waals surface area (Å²) in [6.45, 7) is 2.09. The average Bonchev–Trinajstić information content (AvgIpc) is 2.64. The van der Waals surface area contributed by atoms with E-state index in [2.05, 4.69) is 59.7 Å². The molecule has 0 aliphatic carbocycles. The lowest BCUT2D eigenvalue weighted by Crippen LogP contribution is -1.97. The largest absolute Gasteiger partial charge is 0.355 e. The Labute approximate surface area is 152 Å². The summed E-state index contributed by atoms with van der Waals surface area (Å²) in [6.07, 6.45) is 1.84. The van der Waals surface area contributed by atoms with E-state index in [-0.39, 0.29) is 0 Å². The summed E-state index contributed by atoms with van der Waals surface area (Å²) in [5.74, 6) is 0. The number of nitrogens with zero attached hydrogens (tertiary/aromatic N) is 1. The lowest BCUT2D eigenvalue weighted by atomic mass is 9.97. The summed E-state index contributed by atoms with van der Waals surface area (Å²) in [5, 5.41) is 6.63. The van der Waals surface area contributed by atoms with Crippen LogP contribution >= 0.6 is 11.6 Å². The van der Waals surface area contributed by atoms with Gasteiger partial charge in [0, 0.05) is 28.2 Å². The van der Waals surface area contributed by atoms with E-state index in [9.17, 15) is 0 Å². The molecule has 0 unspecified atom stereocenters. The summed E-state index contributed by atoms with van der Waals surface area (Å²) in [5.41, 5.74) is 5.29. The molecule has 0 saturated heterocycles. The number of rotatable bonds is 3. The second-order valence-corrected chi connectivity index (χ2v) is 6.45. The topological polar surface area (TPSA) is 24.9 Å². The SMILES string of the molecule is Cc1cccnc1-c1c(Nc2ccc(Cl)cc2)ccc2ccccc12. The molecule has 0 spiro atoms. The van der Waals surface area contributed by atoms with Gasteiger partial charge in [0.15, 0.2) is 0 Å². The first-order chi connectivity index (χ1) is 12.2. The van der Waals surface area contributed by atoms with Crippen LogP contribution in [0.5, 0.6) is 0 Å². The Bertz CT molecular complexity index is 1040. The number of anilines is 2. The molecule has 2 nitrogen and oxygen atoms in total. The van der Waals surface area contributed by atoms with Gasteiger partial charge in [-0.1, -0.05) is 48.0 Å². The molecule has 0 bridgehead atoms. The van der Waals surface area contributed by atoms with Crippen molar-refractivity contribution in [3.05, 3.63) is 89.6 Å². The van der Waals surface area contributed by atoms with Crippen LogP contribution in [-0.2, 0) is 0 Å². The van der Waals surface area contributed by atoms with Crippen LogP contribution in [0.1, 0.15) is 5.56 Å². The quantitative estimate of drug-likeness (QED) is 0.452. The third-order valence-electron chi connectivity index (χ3n) is 4.30. The minimum absolute atomic E-state index is 0.727. The number of nitrogens with one attached hydrogen (secondary N) is 1. The molecule has 122 valence electrons. The van der Waals surface area contributed by atoms with E-state index in [1.165, 1.54) is 10.8 Å². The number of benzene rings is 3. The highest BCUT2D eigenvalue weighted by atomic mass is 35.5. The molecule has 3 aromatic carbocycles. The zero-order chi connectivity index (χ0) is 17.2. The smallest absolute Gasteiger partial charge is 0.0758 e. The number of aromatic nitrogens is 1. The van der Waals surface area contributed by atoms with Gasteiger partial charge in [0.05, 0.1) is 5.69 Å². The summed E-state index contributed by atoms with van der Waals surface area (Å²) in [4.78, 5) is 4.65. The summed E-state index contributed by atoms with van der Waals surface area (Å²) < 4.78 is 0. The first kappa shape index (κ1) is 15.7. The number of hydrogen-bond donors (Lipinski definition) is 1. The van der Waals surface area contributed by atoms with E-state index >= 15 is 0 Å². The molecule has 25 heavy (non-hydrogen) atoms. The van der Waals surface area contributed by atoms with Crippen molar-refractivity contribution < 1.29 is 0 Å². The molecular formula is C22H17ClN2. The molecule has 0 saturated carbocycles. The van der Waals surface area contributed by atoms with Gasteiger partial charge < -0.3 is 5.32 Å². The van der Waals surface area contributed by atoms with Crippen LogP contribution < -0.4 is 5.32 Å². The molecule has 4 aromatic rings. The van der Waals surface area contributed by atoms with Crippen molar-refractivity contribution >= 4 is 33.7 Å². The molecule has 0 aliphatic heterocycles. The van der Waals surface area contributed by atoms with Crippen molar-refractivity contribution in [3.8, 4) is 11.3 Å². The fraction of sp³-hybridized carbons (Fsp3) is 0.0455. The van der Waals surface area contributed by atoms with E-state index in [0.717, 1.165) is 33.2 Å². The Morgan fingerprint density at radius 3 is 2.44 bits per heavy atom. The first-order valence-electron chi connectivity index (χ1n) is 8.19. The number of fused-ring (bicyclic) bond motifs is 1. The van der Waals surface area contributed by atoms with E-state index in [4.69, 9.17) is 11.6 Å². The molecule has 0 atom stereocenters. The van der Waals surface area contributed by atoms with E-state index in [0.29, 0.717) is 0 Å². The molecule has 1 N–H and O–H groups in total. The van der Waals surface area contributed by atoms with E-state index < -0.39 is 0 Å². The highest BCUT2D eigenvalue weighted by molar-refractivity contribution is 6.30. The summed E-state index contributed by atoms with van der Waals surface area (Å²) in [7, 11) is 0. The Hall–Kier alpha value is -2.84. The van der Waals surface area contributed by atoms with Crippen LogP contribution in [0.15, 0.2) is 79.0 Å². The molecule has 1 aromatic heterocycles. The number of pyridine rings is 1. The Kier molecular flexibility index (Phi) is 4.12. The predicted molar refractivity (Wildman–Crippen MR) is 107 cm³/mol. The lowest BCUT2D eigenvalue weighted by Gasteiger charge is -2.16. The number of aryl methyl sites for hydroxylation is 1. The monoisotopic (exact) mass is 344 g/mol. The summed E-state index contributed by atoms with van der Waals surface area (Å²) >= 11 is 6.00. The Balaban J connectivity index is 1.93. The maximum atomic E-state index is 6.00. The number of halogens is 1. The van der Waals surface area contributed by atoms with Crippen molar-refractivity contribution in [2.45, 2.75) is 6.92 Å². The first-order valence-corrected chi connectivity index (χ1v) is 8.56. The standard InChI is InChI=1S/C22H17ClN2/c1-15-5-4-14-24-22(15)21-19-7-3-2-6-16(19)8-13-20(21)25-18-11-9-17(23)10-12-18/h2-14,25H,1H3. The minimum atomic E-state index is 0.727. The second-order valence-electron chi connectivity index (χ2n) is 6.01. The third kappa shape index (κ3) is 3.09. The van der Waals surface area contributed by atoms with Crippen molar-refractivity contribution in [1.29, 1.82) is 0 Å². The van der Waals surface area contributed by atoms with Gasteiger partial charge >= 0.3 is 0 Å². The molecular weight excluding hydrogens is 328 g/mol. The third-order valence-corrected chi connectivity index (χ3v) is 4.55. The van der Waals surface area contributed by atoms with Gasteiger partial charge in [0.2, 0.25) is 0 Å². The minimum Gasteiger partial charge on any atom is -0.355 e. The second kappa shape index (κ2) is 6.58. The molecule has 0 amide bonds. The maximum absolute atomic E-state index is 6.00. The van der Waals surface area contributed by atoms with E-state index in [1.54, 1.807) is 0 Å². The van der Waals surface area contributed by atoms with Crippen LogP contribution in [0.3, 0.4) is 0 Å². The highest BCUT2D eigenvalue weighted by Gasteiger charge is 2.13. The van der Waals surface area contributed by atoms with Crippen LogP contribution in [0, 0.1) is 6.92 Å². The lowest BCUT2D eigenvalue weighted by molar-refractivity contribution is 1.27. The van der Waals surface area contributed by atoms with Gasteiger partial charge in [-0.25, -0.2) is 0 Å². The molecule has 0 fully saturated rings. The van der Waals surface area contributed by atoms with Gasteiger partial charge in [-0.3, -0.25) is 4.98 Å². The molecule has 4 rings (SSSR count). The zero-order valence-corrected chi connectivity index (χ0v) is 14.6. The fourth-order valence-electron chi connectivity index (χ4n) is 3.07. The van der Waals surface area contributed by atoms with E-state index in [1.807, 2.05) is 36.5 Å². The molecule has 3 heteroatoms. The van der Waals surface area contributed by atoms with Gasteiger partial charge in [-0.15, -0.1) is 0 Å². The van der Waals surface area contributed by atoms with Crippen LogP contribution in [0.4, 0.5) is 11.4 Å². The fourth-order valence-corrected chi connectivity index (χ4v) is 3.19. The van der Waals surface area contributed by atoms with Crippen LogP contribution in [-0.4, -0.2) is 4.98 Å². The summed E-state index contributed by atoms with van der Waals surface area (Å²) in [6, 6.07) is 24.4. The Morgan fingerprint density at radius 1 is 0.840 bits per heavy atom. The molecule has 0 aliphatic rings. The normalized spacial score (nSPS) is 10.8. The molecule has 0 radical (unpaired) electrons. The highest BCUT2D eigenvalue weighted by Crippen LogP contribution is 2.37. The van der Waals surface area contributed by atoms with Crippen molar-refractivity contribution in [2.24, 2.45) is 0 Å².